The molecule has 4 aromatic rings. The van der Waals surface area contributed by atoms with Gasteiger partial charge in [-0.05, 0) is 49.7 Å². The molecule has 0 spiro atoms. The quantitative estimate of drug-likeness (QED) is 0.392. The van der Waals surface area contributed by atoms with Gasteiger partial charge in [0, 0.05) is 18.9 Å². The summed E-state index contributed by atoms with van der Waals surface area (Å²) in [4.78, 5) is 38.4. The third-order valence-corrected chi connectivity index (χ3v) is 7.31. The summed E-state index contributed by atoms with van der Waals surface area (Å²) in [5.41, 5.74) is 0.585. The van der Waals surface area contributed by atoms with E-state index in [1.807, 2.05) is 4.68 Å². The molecule has 12 heteroatoms. The van der Waals surface area contributed by atoms with E-state index >= 15 is 0 Å². The Kier molecular flexibility index (Phi) is 5.58. The molecule has 1 amide bonds. The van der Waals surface area contributed by atoms with Crippen molar-refractivity contribution in [1.82, 2.24) is 34.6 Å². The van der Waals surface area contributed by atoms with Crippen LogP contribution in [-0.4, -0.2) is 41.4 Å². The number of alkyl halides is 3. The number of rotatable bonds is 7. The number of benzene rings is 1. The maximum absolute atomic E-state index is 13.2. The maximum Gasteiger partial charge on any atom is 0.409 e. The molecule has 1 N–H and O–H groups in total. The van der Waals surface area contributed by atoms with Crippen molar-refractivity contribution in [3.63, 3.8) is 0 Å². The topological polar surface area (TPSA) is 108 Å². The molecule has 1 aromatic carbocycles. The van der Waals surface area contributed by atoms with Crippen LogP contribution in [-0.2, 0) is 12.1 Å². The van der Waals surface area contributed by atoms with Gasteiger partial charge in [-0.15, -0.1) is 0 Å². The highest BCUT2D eigenvalue weighted by molar-refractivity contribution is 5.93. The van der Waals surface area contributed by atoms with Gasteiger partial charge in [0.25, 0.3) is 11.5 Å². The maximum atomic E-state index is 13.2. The lowest BCUT2D eigenvalue weighted by atomic mass is 10.0. The van der Waals surface area contributed by atoms with E-state index in [1.54, 1.807) is 36.7 Å². The zero-order chi connectivity index (χ0) is 26.7. The Morgan fingerprint density at radius 2 is 1.89 bits per heavy atom. The fourth-order valence-corrected chi connectivity index (χ4v) is 4.57. The standard InChI is InChI=1S/C26H24F3N7O2/c1-15(26(27,28)29)35-14-30-12-20(24(35)38)17-4-6-19(7-5-17)25(8-9-25)34-23(37)21-31-10-18-11-32-36(22(18)33-21)13-16-2-3-16/h4-7,10-12,14-16H,2-3,8-9,13H2,1H3,(H,34,37)/t15-/m1/s1. The summed E-state index contributed by atoms with van der Waals surface area (Å²) < 4.78 is 41.9. The number of fused-ring (bicyclic) bond motifs is 1. The normalized spacial score (nSPS) is 17.4. The third-order valence-electron chi connectivity index (χ3n) is 7.31. The van der Waals surface area contributed by atoms with Crippen molar-refractivity contribution in [1.29, 1.82) is 0 Å². The van der Waals surface area contributed by atoms with Crippen molar-refractivity contribution in [2.75, 3.05) is 0 Å². The zero-order valence-electron chi connectivity index (χ0n) is 20.4. The molecule has 3 heterocycles. The summed E-state index contributed by atoms with van der Waals surface area (Å²) in [7, 11) is 0. The smallest absolute Gasteiger partial charge is 0.340 e. The van der Waals surface area contributed by atoms with Crippen LogP contribution >= 0.6 is 0 Å². The summed E-state index contributed by atoms with van der Waals surface area (Å²) in [5.74, 6) is 0.266. The summed E-state index contributed by atoms with van der Waals surface area (Å²) in [6.45, 7) is 1.69. The van der Waals surface area contributed by atoms with Crippen LogP contribution in [0.25, 0.3) is 22.2 Å². The Labute approximate surface area is 214 Å². The average molecular weight is 524 g/mol. The van der Waals surface area contributed by atoms with Crippen LogP contribution in [0.5, 0.6) is 0 Å². The fraction of sp³-hybridized carbons (Fsp3) is 0.385. The van der Waals surface area contributed by atoms with Gasteiger partial charge in [-0.1, -0.05) is 24.3 Å². The fourth-order valence-electron chi connectivity index (χ4n) is 4.57. The van der Waals surface area contributed by atoms with Gasteiger partial charge in [0.1, 0.15) is 6.04 Å². The Bertz CT molecular complexity index is 1590. The molecular weight excluding hydrogens is 499 g/mol. The molecule has 3 aromatic heterocycles. The van der Waals surface area contributed by atoms with Gasteiger partial charge in [0.2, 0.25) is 5.82 Å². The lowest BCUT2D eigenvalue weighted by Gasteiger charge is -2.19. The van der Waals surface area contributed by atoms with Crippen molar-refractivity contribution in [2.45, 2.75) is 56.9 Å². The summed E-state index contributed by atoms with van der Waals surface area (Å²) >= 11 is 0. The monoisotopic (exact) mass is 523 g/mol. The molecule has 0 aliphatic heterocycles. The number of carbonyl (C=O) groups is 1. The molecular formula is C26H24F3N7O2. The minimum atomic E-state index is -4.57. The third kappa shape index (κ3) is 4.44. The average Bonchev–Trinajstić information content (AvgIpc) is 3.83. The van der Waals surface area contributed by atoms with E-state index in [2.05, 4.69) is 25.4 Å². The number of hydrogen-bond donors (Lipinski definition) is 1. The number of halogens is 3. The van der Waals surface area contributed by atoms with Crippen LogP contribution in [0.15, 0.2) is 54.0 Å². The Morgan fingerprint density at radius 3 is 2.55 bits per heavy atom. The first kappa shape index (κ1) is 24.3. The van der Waals surface area contributed by atoms with Gasteiger partial charge < -0.3 is 5.32 Å². The summed E-state index contributed by atoms with van der Waals surface area (Å²) in [6.07, 6.45) is 4.64. The van der Waals surface area contributed by atoms with E-state index in [1.165, 1.54) is 19.0 Å². The Balaban J connectivity index is 1.22. The summed E-state index contributed by atoms with van der Waals surface area (Å²) in [6, 6.07) is 4.84. The largest absolute Gasteiger partial charge is 0.409 e. The first-order valence-electron chi connectivity index (χ1n) is 12.4. The van der Waals surface area contributed by atoms with Gasteiger partial charge in [0.05, 0.1) is 29.0 Å². The highest BCUT2D eigenvalue weighted by Gasteiger charge is 2.46. The van der Waals surface area contributed by atoms with Gasteiger partial charge in [-0.2, -0.15) is 18.3 Å². The number of nitrogens with one attached hydrogen (secondary N) is 1. The van der Waals surface area contributed by atoms with E-state index in [0.717, 1.165) is 30.7 Å². The molecule has 38 heavy (non-hydrogen) atoms. The summed E-state index contributed by atoms with van der Waals surface area (Å²) in [5, 5.41) is 8.20. The van der Waals surface area contributed by atoms with Crippen LogP contribution in [0.3, 0.4) is 0 Å². The number of amides is 1. The molecule has 0 bridgehead atoms. The van der Waals surface area contributed by atoms with E-state index in [0.29, 0.717) is 34.5 Å². The molecule has 2 aliphatic rings. The molecule has 0 saturated heterocycles. The van der Waals surface area contributed by atoms with Crippen LogP contribution in [0.2, 0.25) is 0 Å². The second-order valence-electron chi connectivity index (χ2n) is 10.1. The van der Waals surface area contributed by atoms with Crippen LogP contribution in [0, 0.1) is 5.92 Å². The molecule has 2 saturated carbocycles. The highest BCUT2D eigenvalue weighted by atomic mass is 19.4. The molecule has 9 nitrogen and oxygen atoms in total. The predicted octanol–water partition coefficient (Wildman–Crippen LogP) is 4.00. The van der Waals surface area contributed by atoms with E-state index in [-0.39, 0.29) is 11.4 Å². The lowest BCUT2D eigenvalue weighted by Crippen LogP contribution is -2.36. The lowest BCUT2D eigenvalue weighted by molar-refractivity contribution is -0.163. The minimum absolute atomic E-state index is 0.0626. The molecule has 0 radical (unpaired) electrons. The number of hydrogen-bond acceptors (Lipinski definition) is 6. The van der Waals surface area contributed by atoms with Gasteiger partial charge in [-0.3, -0.25) is 14.2 Å². The van der Waals surface area contributed by atoms with Gasteiger partial charge >= 0.3 is 6.18 Å². The first-order chi connectivity index (χ1) is 18.1. The number of nitrogens with zero attached hydrogens (tertiary/aromatic N) is 6. The Morgan fingerprint density at radius 1 is 1.16 bits per heavy atom. The van der Waals surface area contributed by atoms with Crippen LogP contribution in [0.4, 0.5) is 13.2 Å². The van der Waals surface area contributed by atoms with E-state index < -0.39 is 29.2 Å². The molecule has 2 aliphatic carbocycles. The van der Waals surface area contributed by atoms with E-state index in [9.17, 15) is 22.8 Å². The van der Waals surface area contributed by atoms with Crippen molar-refractivity contribution < 1.29 is 18.0 Å². The first-order valence-corrected chi connectivity index (χ1v) is 12.4. The molecule has 196 valence electrons. The SMILES string of the molecule is C[C@@H](n1cncc(-c2ccc(C3(NC(=O)c4ncc5cnn(CC6CC6)c5n4)CC3)cc2)c1=O)C(F)(F)F. The predicted molar refractivity (Wildman–Crippen MR) is 131 cm³/mol. The van der Waals surface area contributed by atoms with Crippen LogP contribution in [0.1, 0.15) is 54.8 Å². The second kappa shape index (κ2) is 8.74. The van der Waals surface area contributed by atoms with Crippen molar-refractivity contribution >= 4 is 16.9 Å². The van der Waals surface area contributed by atoms with E-state index in [4.69, 9.17) is 0 Å². The highest BCUT2D eigenvalue weighted by Crippen LogP contribution is 2.46. The molecule has 6 rings (SSSR count). The number of aromatic nitrogens is 6. The molecule has 2 fully saturated rings. The van der Waals surface area contributed by atoms with Crippen molar-refractivity contribution in [3.8, 4) is 11.1 Å². The van der Waals surface area contributed by atoms with Crippen molar-refractivity contribution in [2.24, 2.45) is 5.92 Å². The molecule has 0 unspecified atom stereocenters. The zero-order valence-corrected chi connectivity index (χ0v) is 20.4. The molecule has 1 atom stereocenters. The van der Waals surface area contributed by atoms with Crippen molar-refractivity contribution in [3.05, 3.63) is 70.9 Å². The van der Waals surface area contributed by atoms with Gasteiger partial charge in [0.15, 0.2) is 5.65 Å². The van der Waals surface area contributed by atoms with Crippen LogP contribution < -0.4 is 10.9 Å². The Hall–Kier alpha value is -4.09. The second-order valence-corrected chi connectivity index (χ2v) is 10.1. The number of carbonyl (C=O) groups excluding carboxylic acids is 1. The minimum Gasteiger partial charge on any atom is -0.340 e. The van der Waals surface area contributed by atoms with Gasteiger partial charge in [-0.25, -0.2) is 19.6 Å².